The van der Waals surface area contributed by atoms with E-state index in [0.29, 0.717) is 10.4 Å². The highest BCUT2D eigenvalue weighted by molar-refractivity contribution is 9.10. The predicted molar refractivity (Wildman–Crippen MR) is 73.0 cm³/mol. The molecule has 0 saturated carbocycles. The molecule has 1 aromatic carbocycles. The normalized spacial score (nSPS) is 10.1. The first kappa shape index (κ1) is 12.9. The molecule has 2 aromatic rings. The molecule has 0 bridgehead atoms. The van der Waals surface area contributed by atoms with E-state index in [9.17, 15) is 9.90 Å². The van der Waals surface area contributed by atoms with Crippen LogP contribution in [0.15, 0.2) is 41.0 Å². The summed E-state index contributed by atoms with van der Waals surface area (Å²) in [7, 11) is 0. The summed E-state index contributed by atoms with van der Waals surface area (Å²) in [6.07, 6.45) is 0. The van der Waals surface area contributed by atoms with Crippen LogP contribution in [0.5, 0.6) is 5.75 Å². The van der Waals surface area contributed by atoms with Crippen LogP contribution in [0.4, 0.5) is 5.82 Å². The van der Waals surface area contributed by atoms with Gasteiger partial charge < -0.3 is 10.4 Å². The number of anilines is 1. The molecule has 92 valence electrons. The molecule has 0 aliphatic rings. The highest BCUT2D eigenvalue weighted by Crippen LogP contribution is 2.22. The fraction of sp³-hybridized carbons (Fsp3) is 0. The molecule has 1 amide bonds. The lowest BCUT2D eigenvalue weighted by molar-refractivity contribution is 0.102. The molecule has 2 rings (SSSR count). The third-order valence-electron chi connectivity index (χ3n) is 2.15. The lowest BCUT2D eigenvalue weighted by Crippen LogP contribution is -2.13. The minimum Gasteiger partial charge on any atom is -0.508 e. The maximum atomic E-state index is 11.9. The summed E-state index contributed by atoms with van der Waals surface area (Å²) in [6.45, 7) is 0. The van der Waals surface area contributed by atoms with Gasteiger partial charge in [-0.15, -0.1) is 0 Å². The summed E-state index contributed by atoms with van der Waals surface area (Å²) in [5.41, 5.74) is 0.193. The number of phenolic OH excluding ortho intramolecular Hbond substituents is 1. The van der Waals surface area contributed by atoms with E-state index >= 15 is 0 Å². The van der Waals surface area contributed by atoms with E-state index in [4.69, 9.17) is 11.6 Å². The molecule has 1 aromatic heterocycles. The van der Waals surface area contributed by atoms with Crippen LogP contribution < -0.4 is 5.32 Å². The van der Waals surface area contributed by atoms with Crippen molar-refractivity contribution in [2.45, 2.75) is 0 Å². The Morgan fingerprint density at radius 3 is 2.83 bits per heavy atom. The Balaban J connectivity index is 2.24. The van der Waals surface area contributed by atoms with Crippen molar-refractivity contribution >= 4 is 39.3 Å². The van der Waals surface area contributed by atoms with Crippen LogP contribution in [-0.2, 0) is 0 Å². The van der Waals surface area contributed by atoms with Crippen molar-refractivity contribution in [2.75, 3.05) is 5.32 Å². The first-order valence-electron chi connectivity index (χ1n) is 4.98. The molecule has 2 N–H and O–H groups in total. The largest absolute Gasteiger partial charge is 0.508 e. The molecular weight excluding hydrogens is 320 g/mol. The number of rotatable bonds is 2. The fourth-order valence-corrected chi connectivity index (χ4v) is 1.90. The SMILES string of the molecule is O=C(Nc1cccc(Br)n1)c1cc(O)ccc1Cl. The van der Waals surface area contributed by atoms with Crippen LogP contribution in [0.25, 0.3) is 0 Å². The zero-order valence-corrected chi connectivity index (χ0v) is 11.4. The smallest absolute Gasteiger partial charge is 0.258 e. The van der Waals surface area contributed by atoms with E-state index in [1.807, 2.05) is 0 Å². The monoisotopic (exact) mass is 326 g/mol. The Kier molecular flexibility index (Phi) is 3.84. The Morgan fingerprint density at radius 1 is 1.33 bits per heavy atom. The number of benzene rings is 1. The highest BCUT2D eigenvalue weighted by atomic mass is 79.9. The zero-order chi connectivity index (χ0) is 13.1. The number of amides is 1. The summed E-state index contributed by atoms with van der Waals surface area (Å²) in [6, 6.07) is 9.32. The number of aromatic hydroxyl groups is 1. The van der Waals surface area contributed by atoms with Crippen molar-refractivity contribution in [1.82, 2.24) is 4.98 Å². The van der Waals surface area contributed by atoms with Gasteiger partial charge >= 0.3 is 0 Å². The van der Waals surface area contributed by atoms with Gasteiger partial charge in [-0.3, -0.25) is 4.79 Å². The van der Waals surface area contributed by atoms with Crippen molar-refractivity contribution in [3.8, 4) is 5.75 Å². The van der Waals surface area contributed by atoms with Crippen LogP contribution in [0.1, 0.15) is 10.4 Å². The number of halogens is 2. The maximum Gasteiger partial charge on any atom is 0.258 e. The Bertz CT molecular complexity index is 604. The number of pyridine rings is 1. The predicted octanol–water partition coefficient (Wildman–Crippen LogP) is 3.46. The average molecular weight is 328 g/mol. The number of phenols is 1. The molecule has 0 atom stereocenters. The summed E-state index contributed by atoms with van der Waals surface area (Å²) in [4.78, 5) is 16.0. The van der Waals surface area contributed by atoms with Crippen molar-refractivity contribution < 1.29 is 9.90 Å². The number of carbonyl (C=O) groups is 1. The van der Waals surface area contributed by atoms with Gasteiger partial charge in [-0.2, -0.15) is 0 Å². The van der Waals surface area contributed by atoms with E-state index in [1.165, 1.54) is 18.2 Å². The van der Waals surface area contributed by atoms with Crippen molar-refractivity contribution in [3.63, 3.8) is 0 Å². The van der Waals surface area contributed by atoms with Gasteiger partial charge in [0.1, 0.15) is 16.2 Å². The van der Waals surface area contributed by atoms with Gasteiger partial charge in [-0.25, -0.2) is 4.98 Å². The van der Waals surface area contributed by atoms with E-state index in [-0.39, 0.29) is 16.3 Å². The summed E-state index contributed by atoms with van der Waals surface area (Å²) < 4.78 is 0.613. The minimum absolute atomic E-state index is 0.0215. The van der Waals surface area contributed by atoms with Gasteiger partial charge in [0.2, 0.25) is 0 Å². The first-order chi connectivity index (χ1) is 8.56. The van der Waals surface area contributed by atoms with Gasteiger partial charge in [0.05, 0.1) is 10.6 Å². The number of aromatic nitrogens is 1. The Hall–Kier alpha value is -1.59. The molecule has 0 aliphatic heterocycles. The molecule has 4 nitrogen and oxygen atoms in total. The second-order valence-corrected chi connectivity index (χ2v) is 4.68. The highest BCUT2D eigenvalue weighted by Gasteiger charge is 2.12. The Morgan fingerprint density at radius 2 is 2.11 bits per heavy atom. The molecule has 0 unspecified atom stereocenters. The fourth-order valence-electron chi connectivity index (χ4n) is 1.35. The van der Waals surface area contributed by atoms with Crippen molar-refractivity contribution in [2.24, 2.45) is 0 Å². The second kappa shape index (κ2) is 5.37. The average Bonchev–Trinajstić information content (AvgIpc) is 2.32. The van der Waals surface area contributed by atoms with Crippen LogP contribution in [0.2, 0.25) is 5.02 Å². The summed E-state index contributed by atoms with van der Waals surface area (Å²) in [5.74, 6) is -0.0537. The second-order valence-electron chi connectivity index (χ2n) is 3.46. The third-order valence-corrected chi connectivity index (χ3v) is 2.92. The van der Waals surface area contributed by atoms with Gasteiger partial charge in [-0.1, -0.05) is 17.7 Å². The molecule has 0 radical (unpaired) electrons. The number of nitrogens with zero attached hydrogens (tertiary/aromatic N) is 1. The minimum atomic E-state index is -0.429. The number of hydrogen-bond donors (Lipinski definition) is 2. The summed E-state index contributed by atoms with van der Waals surface area (Å²) >= 11 is 9.09. The lowest BCUT2D eigenvalue weighted by Gasteiger charge is -2.06. The van der Waals surface area contributed by atoms with Gasteiger partial charge in [0.15, 0.2) is 0 Å². The van der Waals surface area contributed by atoms with Crippen molar-refractivity contribution in [3.05, 3.63) is 51.6 Å². The van der Waals surface area contributed by atoms with E-state index in [1.54, 1.807) is 18.2 Å². The number of hydrogen-bond acceptors (Lipinski definition) is 3. The zero-order valence-electron chi connectivity index (χ0n) is 9.02. The van der Waals surface area contributed by atoms with Crippen LogP contribution >= 0.6 is 27.5 Å². The molecule has 18 heavy (non-hydrogen) atoms. The number of carbonyl (C=O) groups excluding carboxylic acids is 1. The molecule has 0 fully saturated rings. The topological polar surface area (TPSA) is 62.2 Å². The quantitative estimate of drug-likeness (QED) is 0.830. The van der Waals surface area contributed by atoms with E-state index < -0.39 is 5.91 Å². The first-order valence-corrected chi connectivity index (χ1v) is 6.16. The molecule has 1 heterocycles. The molecule has 6 heteroatoms. The van der Waals surface area contributed by atoms with Crippen molar-refractivity contribution in [1.29, 1.82) is 0 Å². The summed E-state index contributed by atoms with van der Waals surface area (Å²) in [5, 5.41) is 12.2. The van der Waals surface area contributed by atoms with Crippen LogP contribution in [-0.4, -0.2) is 16.0 Å². The van der Waals surface area contributed by atoms with Gasteiger partial charge in [-0.05, 0) is 46.3 Å². The molecule has 0 aliphatic carbocycles. The molecule has 0 saturated heterocycles. The third kappa shape index (κ3) is 3.00. The van der Waals surface area contributed by atoms with E-state index in [0.717, 1.165) is 0 Å². The number of nitrogens with one attached hydrogen (secondary N) is 1. The van der Waals surface area contributed by atoms with Crippen LogP contribution in [0.3, 0.4) is 0 Å². The van der Waals surface area contributed by atoms with Gasteiger partial charge in [0.25, 0.3) is 5.91 Å². The Labute approximate surface area is 117 Å². The standard InChI is InChI=1S/C12H8BrClN2O2/c13-10-2-1-3-11(15-10)16-12(18)8-6-7(17)4-5-9(8)14/h1-6,17H,(H,15,16,18). The molecular formula is C12H8BrClN2O2. The van der Waals surface area contributed by atoms with Crippen LogP contribution in [0, 0.1) is 0 Å². The maximum absolute atomic E-state index is 11.9. The molecule has 0 spiro atoms. The van der Waals surface area contributed by atoms with E-state index in [2.05, 4.69) is 26.2 Å². The van der Waals surface area contributed by atoms with Gasteiger partial charge in [0, 0.05) is 0 Å². The lowest BCUT2D eigenvalue weighted by atomic mass is 10.2.